The van der Waals surface area contributed by atoms with Crippen molar-refractivity contribution in [3.63, 3.8) is 0 Å². The third-order valence-electron chi connectivity index (χ3n) is 5.91. The fourth-order valence-electron chi connectivity index (χ4n) is 4.18. The summed E-state index contributed by atoms with van der Waals surface area (Å²) < 4.78 is 0. The maximum Gasteiger partial charge on any atom is 0.257 e. The van der Waals surface area contributed by atoms with Crippen molar-refractivity contribution in [3.8, 4) is 0 Å². The van der Waals surface area contributed by atoms with Crippen LogP contribution in [0.25, 0.3) is 0 Å². The summed E-state index contributed by atoms with van der Waals surface area (Å²) in [5.41, 5.74) is 2.55. The number of aryl methyl sites for hydroxylation is 1. The molecule has 2 aliphatic rings. The molecular weight excluding hydrogens is 370 g/mol. The molecule has 2 N–H and O–H groups in total. The van der Waals surface area contributed by atoms with E-state index in [1.54, 1.807) is 28.4 Å². The van der Waals surface area contributed by atoms with Crippen molar-refractivity contribution in [2.45, 2.75) is 32.6 Å². The van der Waals surface area contributed by atoms with Gasteiger partial charge in [0.15, 0.2) is 0 Å². The van der Waals surface area contributed by atoms with Crippen LogP contribution in [0.15, 0.2) is 30.3 Å². The molecule has 4 rings (SSSR count). The summed E-state index contributed by atoms with van der Waals surface area (Å²) in [6.07, 6.45) is 4.22. The molecule has 28 heavy (non-hydrogen) atoms. The predicted octanol–water partition coefficient (Wildman–Crippen LogP) is 2.24. The van der Waals surface area contributed by atoms with Crippen LogP contribution in [-0.4, -0.2) is 49.4 Å². The molecule has 2 heterocycles. The van der Waals surface area contributed by atoms with Gasteiger partial charge in [-0.05, 0) is 50.3 Å². The van der Waals surface area contributed by atoms with Crippen molar-refractivity contribution < 1.29 is 14.5 Å². The number of benzene rings is 1. The topological polar surface area (TPSA) is 53.9 Å². The van der Waals surface area contributed by atoms with Crippen LogP contribution in [0, 0.1) is 0 Å². The van der Waals surface area contributed by atoms with Gasteiger partial charge in [0.05, 0.1) is 38.3 Å². The van der Waals surface area contributed by atoms with Crippen LogP contribution in [0.2, 0.25) is 0 Å². The Balaban J connectivity index is 1.61. The number of piperazine rings is 1. The first-order valence-corrected chi connectivity index (χ1v) is 11.1. The minimum atomic E-state index is -0.145. The number of fused-ring (bicyclic) bond motifs is 1. The lowest BCUT2D eigenvalue weighted by Gasteiger charge is -2.32. The molecule has 1 aromatic carbocycles. The van der Waals surface area contributed by atoms with Crippen LogP contribution >= 0.6 is 11.3 Å². The van der Waals surface area contributed by atoms with Crippen LogP contribution in [0.3, 0.4) is 0 Å². The maximum atomic E-state index is 13.4. The van der Waals surface area contributed by atoms with E-state index in [2.05, 4.69) is 12.2 Å². The number of nitrogens with one attached hydrogen (secondary N) is 2. The lowest BCUT2D eigenvalue weighted by Crippen LogP contribution is -3.14. The summed E-state index contributed by atoms with van der Waals surface area (Å²) in [5.74, 6) is -0.0496. The molecule has 0 radical (unpaired) electrons. The van der Waals surface area contributed by atoms with Crippen molar-refractivity contribution >= 4 is 28.2 Å². The number of amides is 2. The molecule has 0 bridgehead atoms. The highest BCUT2D eigenvalue weighted by molar-refractivity contribution is 7.17. The van der Waals surface area contributed by atoms with E-state index in [1.807, 2.05) is 23.1 Å². The normalized spacial score (nSPS) is 17.2. The van der Waals surface area contributed by atoms with E-state index >= 15 is 0 Å². The summed E-state index contributed by atoms with van der Waals surface area (Å²) in [6, 6.07) is 9.22. The minimum Gasteiger partial charge on any atom is -0.332 e. The number of likely N-dealkylation sites (N-methyl/N-ethyl adjacent to an activating group) is 1. The third kappa shape index (κ3) is 3.84. The zero-order valence-corrected chi connectivity index (χ0v) is 17.2. The molecule has 6 heteroatoms. The van der Waals surface area contributed by atoms with Crippen LogP contribution in [0.1, 0.15) is 50.9 Å². The van der Waals surface area contributed by atoms with Crippen molar-refractivity contribution in [2.24, 2.45) is 0 Å². The van der Waals surface area contributed by atoms with Crippen molar-refractivity contribution in [3.05, 3.63) is 51.9 Å². The molecule has 1 aliphatic heterocycles. The number of rotatable bonds is 4. The number of hydrogen-bond donors (Lipinski definition) is 2. The number of carbonyl (C=O) groups excluding carboxylic acids is 2. The molecule has 0 atom stereocenters. The van der Waals surface area contributed by atoms with E-state index in [0.717, 1.165) is 69.0 Å². The highest BCUT2D eigenvalue weighted by Gasteiger charge is 2.31. The monoisotopic (exact) mass is 398 g/mol. The maximum absolute atomic E-state index is 13.4. The van der Waals surface area contributed by atoms with Gasteiger partial charge in [-0.15, -0.1) is 11.3 Å². The predicted molar refractivity (Wildman–Crippen MR) is 112 cm³/mol. The zero-order valence-electron chi connectivity index (χ0n) is 16.4. The van der Waals surface area contributed by atoms with Crippen LogP contribution in [-0.2, 0) is 12.8 Å². The lowest BCUT2D eigenvalue weighted by molar-refractivity contribution is -0.902. The van der Waals surface area contributed by atoms with Gasteiger partial charge in [0.2, 0.25) is 0 Å². The molecular formula is C22H28N3O2S+. The smallest absolute Gasteiger partial charge is 0.257 e. The molecule has 1 aromatic heterocycles. The SMILES string of the molecule is CC[NH+]1CCN(C(=O)c2c(NC(=O)c3ccccc3)sc3c2CCCC3)CC1. The Morgan fingerprint density at radius 1 is 1.11 bits per heavy atom. The van der Waals surface area contributed by atoms with Crippen molar-refractivity contribution in [1.82, 2.24) is 4.90 Å². The molecule has 1 aliphatic carbocycles. The number of hydrogen-bond acceptors (Lipinski definition) is 3. The number of quaternary nitrogens is 1. The first-order chi connectivity index (χ1) is 13.7. The average Bonchev–Trinajstić information content (AvgIpc) is 3.11. The Labute approximate surface area is 170 Å². The fraction of sp³-hybridized carbons (Fsp3) is 0.455. The molecule has 148 valence electrons. The number of anilines is 1. The Morgan fingerprint density at radius 3 is 2.54 bits per heavy atom. The van der Waals surface area contributed by atoms with E-state index in [-0.39, 0.29) is 11.8 Å². The summed E-state index contributed by atoms with van der Waals surface area (Å²) in [7, 11) is 0. The summed E-state index contributed by atoms with van der Waals surface area (Å²) in [5, 5.41) is 3.78. The number of carbonyl (C=O) groups is 2. The molecule has 2 aromatic rings. The van der Waals surface area contributed by atoms with Crippen LogP contribution in [0.4, 0.5) is 5.00 Å². The van der Waals surface area contributed by atoms with E-state index in [0.29, 0.717) is 5.56 Å². The van der Waals surface area contributed by atoms with Gasteiger partial charge in [-0.2, -0.15) is 0 Å². The van der Waals surface area contributed by atoms with Gasteiger partial charge >= 0.3 is 0 Å². The first-order valence-electron chi connectivity index (χ1n) is 10.3. The first kappa shape index (κ1) is 19.2. The van der Waals surface area contributed by atoms with E-state index < -0.39 is 0 Å². The molecule has 1 saturated heterocycles. The van der Waals surface area contributed by atoms with Gasteiger partial charge in [0.25, 0.3) is 11.8 Å². The molecule has 1 fully saturated rings. The summed E-state index contributed by atoms with van der Waals surface area (Å²) >= 11 is 1.60. The molecule has 2 amide bonds. The summed E-state index contributed by atoms with van der Waals surface area (Å²) in [4.78, 5) is 31.0. The second kappa shape index (κ2) is 8.45. The van der Waals surface area contributed by atoms with Crippen molar-refractivity contribution in [2.75, 3.05) is 38.0 Å². The second-order valence-electron chi connectivity index (χ2n) is 7.63. The Hall–Kier alpha value is -2.18. The summed E-state index contributed by atoms with van der Waals surface area (Å²) in [6.45, 7) is 6.88. The third-order valence-corrected chi connectivity index (χ3v) is 7.11. The van der Waals surface area contributed by atoms with Crippen molar-refractivity contribution in [1.29, 1.82) is 0 Å². The van der Waals surface area contributed by atoms with E-state index in [4.69, 9.17) is 0 Å². The lowest BCUT2D eigenvalue weighted by atomic mass is 9.95. The number of thiophene rings is 1. The second-order valence-corrected chi connectivity index (χ2v) is 8.74. The molecule has 5 nitrogen and oxygen atoms in total. The van der Waals surface area contributed by atoms with Gasteiger partial charge in [0.1, 0.15) is 5.00 Å². The van der Waals surface area contributed by atoms with Gasteiger partial charge in [-0.25, -0.2) is 0 Å². The van der Waals surface area contributed by atoms with Gasteiger partial charge in [-0.1, -0.05) is 18.2 Å². The fourth-order valence-corrected chi connectivity index (χ4v) is 5.46. The minimum absolute atomic E-state index is 0.0953. The van der Waals surface area contributed by atoms with Gasteiger partial charge in [-0.3, -0.25) is 9.59 Å². The van der Waals surface area contributed by atoms with E-state index in [9.17, 15) is 9.59 Å². The Kier molecular flexibility index (Phi) is 5.78. The van der Waals surface area contributed by atoms with Crippen LogP contribution < -0.4 is 10.2 Å². The molecule has 0 saturated carbocycles. The van der Waals surface area contributed by atoms with Gasteiger partial charge < -0.3 is 15.1 Å². The highest BCUT2D eigenvalue weighted by Crippen LogP contribution is 2.39. The number of nitrogens with zero attached hydrogens (tertiary/aromatic N) is 1. The Bertz CT molecular complexity index is 854. The molecule has 0 spiro atoms. The average molecular weight is 399 g/mol. The Morgan fingerprint density at radius 2 is 1.82 bits per heavy atom. The van der Waals surface area contributed by atoms with Crippen LogP contribution in [0.5, 0.6) is 0 Å². The zero-order chi connectivity index (χ0) is 19.5. The van der Waals surface area contributed by atoms with Gasteiger partial charge in [0, 0.05) is 10.4 Å². The van der Waals surface area contributed by atoms with E-state index in [1.165, 1.54) is 10.4 Å². The standard InChI is InChI=1S/C22H27N3O2S/c1-2-24-12-14-25(15-13-24)22(27)19-17-10-6-7-11-18(17)28-21(19)23-20(26)16-8-4-3-5-9-16/h3-5,8-9H,2,6-7,10-15H2,1H3,(H,23,26)/p+1. The molecule has 0 unspecified atom stereocenters. The largest absolute Gasteiger partial charge is 0.332 e. The quantitative estimate of drug-likeness (QED) is 0.830. The highest BCUT2D eigenvalue weighted by atomic mass is 32.1.